The summed E-state index contributed by atoms with van der Waals surface area (Å²) in [4.78, 5) is 10.6. The van der Waals surface area contributed by atoms with Crippen molar-refractivity contribution in [3.63, 3.8) is 0 Å². The molecule has 0 aliphatic carbocycles. The lowest BCUT2D eigenvalue weighted by atomic mass is 10.3. The average Bonchev–Trinajstić information content (AvgIpc) is 2.02. The molecule has 0 heterocycles. The van der Waals surface area contributed by atoms with Crippen LogP contribution in [0.1, 0.15) is 13.8 Å². The molecule has 1 atom stereocenters. The smallest absolute Gasteiger partial charge is 0.234 e. The molecule has 4 heteroatoms. The summed E-state index contributed by atoms with van der Waals surface area (Å²) in [5.41, 5.74) is 6.03. The second-order valence-corrected chi connectivity index (χ2v) is 3.09. The number of nitrogens with one attached hydrogen (secondary N) is 1. The zero-order valence-corrected chi connectivity index (χ0v) is 8.30. The number of rotatable bonds is 7. The molecule has 0 aromatic rings. The lowest BCUT2D eigenvalue weighted by Crippen LogP contribution is -2.40. The molecular weight excluding hydrogens is 168 g/mol. The minimum atomic E-state index is -0.347. The van der Waals surface area contributed by atoms with Crippen molar-refractivity contribution < 1.29 is 9.53 Å². The van der Waals surface area contributed by atoms with Gasteiger partial charge >= 0.3 is 0 Å². The molecule has 0 spiro atoms. The maximum Gasteiger partial charge on any atom is 0.234 e. The van der Waals surface area contributed by atoms with Crippen molar-refractivity contribution in [2.75, 3.05) is 19.8 Å². The van der Waals surface area contributed by atoms with E-state index in [0.717, 1.165) is 5.57 Å². The van der Waals surface area contributed by atoms with Crippen molar-refractivity contribution in [2.24, 2.45) is 5.73 Å². The molecule has 0 aromatic carbocycles. The Morgan fingerprint density at radius 2 is 2.31 bits per heavy atom. The molecule has 1 unspecified atom stereocenters. The van der Waals surface area contributed by atoms with Crippen LogP contribution in [-0.2, 0) is 9.53 Å². The first-order valence-electron chi connectivity index (χ1n) is 4.29. The number of nitrogens with two attached hydrogens (primary N) is 1. The molecule has 0 bridgehead atoms. The van der Waals surface area contributed by atoms with Gasteiger partial charge in [0.15, 0.2) is 0 Å². The highest BCUT2D eigenvalue weighted by atomic mass is 16.5. The SMILES string of the molecule is C=C(C)COCCNC(C)C(N)=O. The van der Waals surface area contributed by atoms with E-state index in [1.54, 1.807) is 6.92 Å². The van der Waals surface area contributed by atoms with Crippen LogP contribution in [-0.4, -0.2) is 31.7 Å². The number of carbonyl (C=O) groups excluding carboxylic acids is 1. The predicted octanol–water partition coefficient (Wildman–Crippen LogP) is 0.0425. The van der Waals surface area contributed by atoms with E-state index in [9.17, 15) is 4.79 Å². The summed E-state index contributed by atoms with van der Waals surface area (Å²) in [6.07, 6.45) is 0. The number of hydrogen-bond acceptors (Lipinski definition) is 3. The summed E-state index contributed by atoms with van der Waals surface area (Å²) in [7, 11) is 0. The van der Waals surface area contributed by atoms with Crippen LogP contribution in [0, 0.1) is 0 Å². The Morgan fingerprint density at radius 1 is 1.69 bits per heavy atom. The topological polar surface area (TPSA) is 64.3 Å². The van der Waals surface area contributed by atoms with Crippen LogP contribution >= 0.6 is 0 Å². The van der Waals surface area contributed by atoms with E-state index in [2.05, 4.69) is 11.9 Å². The maximum atomic E-state index is 10.6. The Balaban J connectivity index is 3.26. The van der Waals surface area contributed by atoms with Crippen molar-refractivity contribution in [1.82, 2.24) is 5.32 Å². The molecule has 0 aliphatic heterocycles. The van der Waals surface area contributed by atoms with Crippen molar-refractivity contribution in [1.29, 1.82) is 0 Å². The summed E-state index contributed by atoms with van der Waals surface area (Å²) >= 11 is 0. The van der Waals surface area contributed by atoms with E-state index in [4.69, 9.17) is 10.5 Å². The van der Waals surface area contributed by atoms with Crippen molar-refractivity contribution in [3.8, 4) is 0 Å². The average molecular weight is 186 g/mol. The molecule has 0 rings (SSSR count). The molecule has 1 amide bonds. The third-order valence-corrected chi connectivity index (χ3v) is 1.47. The van der Waals surface area contributed by atoms with Gasteiger partial charge in [0, 0.05) is 6.54 Å². The highest BCUT2D eigenvalue weighted by Crippen LogP contribution is 1.87. The Labute approximate surface area is 79.1 Å². The number of amides is 1. The third-order valence-electron chi connectivity index (χ3n) is 1.47. The Hall–Kier alpha value is -0.870. The van der Waals surface area contributed by atoms with Crippen molar-refractivity contribution in [3.05, 3.63) is 12.2 Å². The zero-order chi connectivity index (χ0) is 10.3. The van der Waals surface area contributed by atoms with Gasteiger partial charge in [-0.2, -0.15) is 0 Å². The molecule has 0 aliphatic rings. The zero-order valence-electron chi connectivity index (χ0n) is 8.30. The largest absolute Gasteiger partial charge is 0.376 e. The fourth-order valence-electron chi connectivity index (χ4n) is 0.695. The first-order chi connectivity index (χ1) is 6.04. The monoisotopic (exact) mass is 186 g/mol. The molecule has 0 saturated heterocycles. The van der Waals surface area contributed by atoms with E-state index in [0.29, 0.717) is 19.8 Å². The number of ether oxygens (including phenoxy) is 1. The van der Waals surface area contributed by atoms with Crippen LogP contribution in [0.15, 0.2) is 12.2 Å². The lowest BCUT2D eigenvalue weighted by molar-refractivity contribution is -0.119. The minimum Gasteiger partial charge on any atom is -0.376 e. The van der Waals surface area contributed by atoms with Gasteiger partial charge in [-0.1, -0.05) is 12.2 Å². The standard InChI is InChI=1S/C9H18N2O2/c1-7(2)6-13-5-4-11-8(3)9(10)12/h8,11H,1,4-6H2,2-3H3,(H2,10,12). The van der Waals surface area contributed by atoms with Crippen molar-refractivity contribution in [2.45, 2.75) is 19.9 Å². The normalized spacial score (nSPS) is 12.5. The van der Waals surface area contributed by atoms with Crippen LogP contribution < -0.4 is 11.1 Å². The first-order valence-corrected chi connectivity index (χ1v) is 4.29. The van der Waals surface area contributed by atoms with Gasteiger partial charge in [0.2, 0.25) is 5.91 Å². The van der Waals surface area contributed by atoms with Gasteiger partial charge in [-0.15, -0.1) is 0 Å². The van der Waals surface area contributed by atoms with Crippen LogP contribution in [0.4, 0.5) is 0 Å². The van der Waals surface area contributed by atoms with Crippen LogP contribution in [0.5, 0.6) is 0 Å². The summed E-state index contributed by atoms with van der Waals surface area (Å²) in [5, 5.41) is 2.93. The van der Waals surface area contributed by atoms with E-state index in [1.165, 1.54) is 0 Å². The van der Waals surface area contributed by atoms with Gasteiger partial charge in [-0.25, -0.2) is 0 Å². The highest BCUT2D eigenvalue weighted by molar-refractivity contribution is 5.79. The van der Waals surface area contributed by atoms with E-state index >= 15 is 0 Å². The summed E-state index contributed by atoms with van der Waals surface area (Å²) in [6, 6.07) is -0.298. The summed E-state index contributed by atoms with van der Waals surface area (Å²) in [6.45, 7) is 9.07. The second-order valence-electron chi connectivity index (χ2n) is 3.09. The molecule has 3 N–H and O–H groups in total. The van der Waals surface area contributed by atoms with Crippen LogP contribution in [0.3, 0.4) is 0 Å². The van der Waals surface area contributed by atoms with Gasteiger partial charge in [0.25, 0.3) is 0 Å². The summed E-state index contributed by atoms with van der Waals surface area (Å²) < 4.78 is 5.21. The predicted molar refractivity (Wildman–Crippen MR) is 52.3 cm³/mol. The van der Waals surface area contributed by atoms with E-state index in [1.807, 2.05) is 6.92 Å². The molecule has 13 heavy (non-hydrogen) atoms. The number of primary amides is 1. The molecular formula is C9H18N2O2. The summed E-state index contributed by atoms with van der Waals surface area (Å²) in [5.74, 6) is -0.347. The fraction of sp³-hybridized carbons (Fsp3) is 0.667. The van der Waals surface area contributed by atoms with Gasteiger partial charge in [0.05, 0.1) is 19.3 Å². The molecule has 76 valence electrons. The Morgan fingerprint density at radius 3 is 2.77 bits per heavy atom. The molecule has 0 saturated carbocycles. The number of carbonyl (C=O) groups is 1. The maximum absolute atomic E-state index is 10.6. The van der Waals surface area contributed by atoms with E-state index in [-0.39, 0.29) is 11.9 Å². The van der Waals surface area contributed by atoms with Crippen LogP contribution in [0.2, 0.25) is 0 Å². The van der Waals surface area contributed by atoms with Gasteiger partial charge in [0.1, 0.15) is 0 Å². The third kappa shape index (κ3) is 7.49. The molecule has 4 nitrogen and oxygen atoms in total. The lowest BCUT2D eigenvalue weighted by Gasteiger charge is -2.09. The first kappa shape index (κ1) is 12.1. The van der Waals surface area contributed by atoms with Crippen molar-refractivity contribution >= 4 is 5.91 Å². The molecule has 0 aromatic heterocycles. The molecule has 0 fully saturated rings. The van der Waals surface area contributed by atoms with Gasteiger partial charge in [-0.05, 0) is 13.8 Å². The Kier molecular flexibility index (Phi) is 6.18. The molecule has 0 radical (unpaired) electrons. The quantitative estimate of drug-likeness (QED) is 0.436. The second kappa shape index (κ2) is 6.62. The minimum absolute atomic E-state index is 0.298. The highest BCUT2D eigenvalue weighted by Gasteiger charge is 2.05. The van der Waals surface area contributed by atoms with E-state index < -0.39 is 0 Å². The number of hydrogen-bond donors (Lipinski definition) is 2. The fourth-order valence-corrected chi connectivity index (χ4v) is 0.695. The Bertz CT molecular complexity index is 180. The van der Waals surface area contributed by atoms with Crippen LogP contribution in [0.25, 0.3) is 0 Å². The van der Waals surface area contributed by atoms with Gasteiger partial charge in [-0.3, -0.25) is 4.79 Å². The van der Waals surface area contributed by atoms with Gasteiger partial charge < -0.3 is 15.8 Å².